The van der Waals surface area contributed by atoms with Gasteiger partial charge in [0.05, 0.1) is 0 Å². The van der Waals surface area contributed by atoms with E-state index in [1.807, 2.05) is 0 Å². The van der Waals surface area contributed by atoms with E-state index in [1.165, 1.54) is 57.8 Å². The van der Waals surface area contributed by atoms with Crippen LogP contribution in [0.3, 0.4) is 0 Å². The van der Waals surface area contributed by atoms with Gasteiger partial charge in [-0.05, 0) is 37.2 Å². The molecule has 0 N–H and O–H groups in total. The number of aldehydes is 1. The minimum absolute atomic E-state index is 0.591. The lowest BCUT2D eigenvalue weighted by Gasteiger charge is -2.08. The molecule has 0 aromatic heterocycles. The van der Waals surface area contributed by atoms with Crippen LogP contribution in [0.5, 0.6) is 0 Å². The van der Waals surface area contributed by atoms with Crippen molar-refractivity contribution < 1.29 is 4.79 Å². The molecule has 0 bridgehead atoms. The minimum Gasteiger partial charge on any atom is -0.298 e. The molecule has 0 aromatic carbocycles. The zero-order chi connectivity index (χ0) is 11.6. The summed E-state index contributed by atoms with van der Waals surface area (Å²) in [4.78, 5) is 11.0. The average molecular weight is 222 g/mol. The first-order chi connectivity index (χ1) is 7.88. The van der Waals surface area contributed by atoms with E-state index in [9.17, 15) is 4.79 Å². The molecular weight excluding hydrogens is 196 g/mol. The van der Waals surface area contributed by atoms with Crippen LogP contribution < -0.4 is 0 Å². The predicted octanol–water partition coefficient (Wildman–Crippen LogP) is 4.66. The van der Waals surface area contributed by atoms with E-state index in [-0.39, 0.29) is 0 Å². The SMILES string of the molecule is CCCCCCCC=C(C=O)C1CCCC1. The molecule has 92 valence electrons. The molecule has 1 rings (SSSR count). The molecule has 0 atom stereocenters. The summed E-state index contributed by atoms with van der Waals surface area (Å²) >= 11 is 0. The molecule has 0 amide bonds. The van der Waals surface area contributed by atoms with Crippen LogP contribution in [0, 0.1) is 5.92 Å². The molecule has 1 fully saturated rings. The topological polar surface area (TPSA) is 17.1 Å². The summed E-state index contributed by atoms with van der Waals surface area (Å²) in [5.74, 6) is 0.591. The number of rotatable bonds is 8. The number of carbonyl (C=O) groups is 1. The molecule has 0 aromatic rings. The fourth-order valence-electron chi connectivity index (χ4n) is 2.59. The van der Waals surface area contributed by atoms with Gasteiger partial charge in [0.2, 0.25) is 0 Å². The van der Waals surface area contributed by atoms with Crippen molar-refractivity contribution in [2.45, 2.75) is 71.1 Å². The molecular formula is C15H26O. The smallest absolute Gasteiger partial charge is 0.145 e. The number of allylic oxidation sites excluding steroid dienone is 2. The summed E-state index contributed by atoms with van der Waals surface area (Å²) in [6.07, 6.45) is 16.1. The third kappa shape index (κ3) is 4.96. The maximum Gasteiger partial charge on any atom is 0.145 e. The van der Waals surface area contributed by atoms with Crippen LogP contribution in [0.1, 0.15) is 71.1 Å². The van der Waals surface area contributed by atoms with Gasteiger partial charge in [0, 0.05) is 0 Å². The highest BCUT2D eigenvalue weighted by atomic mass is 16.1. The second-order valence-electron chi connectivity index (χ2n) is 5.01. The molecule has 1 aliphatic rings. The lowest BCUT2D eigenvalue weighted by molar-refractivity contribution is -0.105. The standard InChI is InChI=1S/C15H26O/c1-2-3-4-5-6-7-12-15(13-16)14-10-8-9-11-14/h12-14H,2-11H2,1H3. The van der Waals surface area contributed by atoms with E-state index in [4.69, 9.17) is 0 Å². The molecule has 1 nitrogen and oxygen atoms in total. The lowest BCUT2D eigenvalue weighted by atomic mass is 9.97. The van der Waals surface area contributed by atoms with Crippen LogP contribution in [-0.4, -0.2) is 6.29 Å². The van der Waals surface area contributed by atoms with Crippen LogP contribution in [0.2, 0.25) is 0 Å². The largest absolute Gasteiger partial charge is 0.298 e. The fraction of sp³-hybridized carbons (Fsp3) is 0.800. The Labute approximate surface area is 100 Å². The van der Waals surface area contributed by atoms with E-state index in [0.29, 0.717) is 5.92 Å². The summed E-state index contributed by atoms with van der Waals surface area (Å²) in [7, 11) is 0. The molecule has 0 aliphatic heterocycles. The Morgan fingerprint density at radius 2 is 1.81 bits per heavy atom. The third-order valence-electron chi connectivity index (χ3n) is 3.65. The Hall–Kier alpha value is -0.590. The van der Waals surface area contributed by atoms with Crippen LogP contribution in [0.25, 0.3) is 0 Å². The van der Waals surface area contributed by atoms with Crippen molar-refractivity contribution >= 4 is 6.29 Å². The lowest BCUT2D eigenvalue weighted by Crippen LogP contribution is -1.99. The normalized spacial score (nSPS) is 17.9. The van der Waals surface area contributed by atoms with Crippen molar-refractivity contribution in [3.63, 3.8) is 0 Å². The molecule has 1 saturated carbocycles. The molecule has 0 heterocycles. The van der Waals surface area contributed by atoms with Gasteiger partial charge in [-0.25, -0.2) is 0 Å². The van der Waals surface area contributed by atoms with Gasteiger partial charge in [0.1, 0.15) is 6.29 Å². The van der Waals surface area contributed by atoms with Crippen molar-refractivity contribution in [2.75, 3.05) is 0 Å². The first kappa shape index (κ1) is 13.5. The summed E-state index contributed by atoms with van der Waals surface area (Å²) in [5.41, 5.74) is 1.09. The van der Waals surface area contributed by atoms with Gasteiger partial charge < -0.3 is 0 Å². The maximum absolute atomic E-state index is 11.0. The van der Waals surface area contributed by atoms with Crippen LogP contribution in [-0.2, 0) is 4.79 Å². The highest BCUT2D eigenvalue weighted by molar-refractivity contribution is 5.73. The van der Waals surface area contributed by atoms with Crippen molar-refractivity contribution in [3.05, 3.63) is 11.6 Å². The number of hydrogen-bond donors (Lipinski definition) is 0. The molecule has 0 spiro atoms. The van der Waals surface area contributed by atoms with Gasteiger partial charge in [0.25, 0.3) is 0 Å². The van der Waals surface area contributed by atoms with E-state index in [2.05, 4.69) is 13.0 Å². The van der Waals surface area contributed by atoms with Crippen molar-refractivity contribution in [3.8, 4) is 0 Å². The highest BCUT2D eigenvalue weighted by Crippen LogP contribution is 2.30. The fourth-order valence-corrected chi connectivity index (χ4v) is 2.59. The van der Waals surface area contributed by atoms with Crippen LogP contribution >= 0.6 is 0 Å². The van der Waals surface area contributed by atoms with E-state index < -0.39 is 0 Å². The molecule has 1 aliphatic carbocycles. The summed E-state index contributed by atoms with van der Waals surface area (Å²) in [5, 5.41) is 0. The third-order valence-corrected chi connectivity index (χ3v) is 3.65. The van der Waals surface area contributed by atoms with Crippen molar-refractivity contribution in [1.82, 2.24) is 0 Å². The number of hydrogen-bond acceptors (Lipinski definition) is 1. The first-order valence-corrected chi connectivity index (χ1v) is 7.03. The summed E-state index contributed by atoms with van der Waals surface area (Å²) < 4.78 is 0. The Bertz CT molecular complexity index is 211. The van der Waals surface area contributed by atoms with Crippen LogP contribution in [0.15, 0.2) is 11.6 Å². The monoisotopic (exact) mass is 222 g/mol. The summed E-state index contributed by atoms with van der Waals surface area (Å²) in [6, 6.07) is 0. The molecule has 1 heteroatoms. The van der Waals surface area contributed by atoms with Gasteiger partial charge in [-0.3, -0.25) is 4.79 Å². The van der Waals surface area contributed by atoms with E-state index in [0.717, 1.165) is 18.3 Å². The molecule has 0 radical (unpaired) electrons. The van der Waals surface area contributed by atoms with Gasteiger partial charge >= 0.3 is 0 Å². The Balaban J connectivity index is 2.16. The van der Waals surface area contributed by atoms with Gasteiger partial charge in [-0.15, -0.1) is 0 Å². The van der Waals surface area contributed by atoms with Crippen molar-refractivity contribution in [1.29, 1.82) is 0 Å². The minimum atomic E-state index is 0.591. The number of carbonyl (C=O) groups excluding carboxylic acids is 1. The quantitative estimate of drug-likeness (QED) is 0.331. The van der Waals surface area contributed by atoms with Gasteiger partial charge in [-0.2, -0.15) is 0 Å². The molecule has 16 heavy (non-hydrogen) atoms. The van der Waals surface area contributed by atoms with Gasteiger partial charge in [-0.1, -0.05) is 51.5 Å². The number of unbranched alkanes of at least 4 members (excludes halogenated alkanes) is 5. The summed E-state index contributed by atoms with van der Waals surface area (Å²) in [6.45, 7) is 2.24. The Morgan fingerprint density at radius 3 is 2.44 bits per heavy atom. The molecule has 0 unspecified atom stereocenters. The maximum atomic E-state index is 11.0. The second-order valence-corrected chi connectivity index (χ2v) is 5.01. The average Bonchev–Trinajstić information content (AvgIpc) is 2.82. The zero-order valence-electron chi connectivity index (χ0n) is 10.7. The van der Waals surface area contributed by atoms with Gasteiger partial charge in [0.15, 0.2) is 0 Å². The Kier molecular flexibility index (Phi) is 7.20. The van der Waals surface area contributed by atoms with E-state index >= 15 is 0 Å². The molecule has 0 saturated heterocycles. The Morgan fingerprint density at radius 1 is 1.12 bits per heavy atom. The van der Waals surface area contributed by atoms with Crippen molar-refractivity contribution in [2.24, 2.45) is 5.92 Å². The zero-order valence-corrected chi connectivity index (χ0v) is 10.7. The van der Waals surface area contributed by atoms with Crippen LogP contribution in [0.4, 0.5) is 0 Å². The predicted molar refractivity (Wildman–Crippen MR) is 69.5 cm³/mol. The second kappa shape index (κ2) is 8.55. The van der Waals surface area contributed by atoms with E-state index in [1.54, 1.807) is 0 Å². The highest BCUT2D eigenvalue weighted by Gasteiger charge is 2.18. The first-order valence-electron chi connectivity index (χ1n) is 7.03.